The molecule has 0 heterocycles. The van der Waals surface area contributed by atoms with Crippen LogP contribution in [0.2, 0.25) is 0 Å². The van der Waals surface area contributed by atoms with E-state index in [1.54, 1.807) is 0 Å². The fraction of sp³-hybridized carbons (Fsp3) is 0.400. The van der Waals surface area contributed by atoms with E-state index < -0.39 is 0 Å². The first-order chi connectivity index (χ1) is 10.6. The van der Waals surface area contributed by atoms with Gasteiger partial charge in [-0.15, -0.1) is 0 Å². The van der Waals surface area contributed by atoms with Crippen molar-refractivity contribution in [2.45, 2.75) is 52.6 Å². The second kappa shape index (κ2) is 7.88. The number of nitrogens with zero attached hydrogens (tertiary/aromatic N) is 2. The molecule has 0 aliphatic rings. The molecule has 0 aliphatic heterocycles. The minimum Gasteiger partial charge on any atom is -0.186 e. The monoisotopic (exact) mass is 294 g/mol. The van der Waals surface area contributed by atoms with E-state index in [-0.39, 0.29) is 12.1 Å². The van der Waals surface area contributed by atoms with E-state index in [9.17, 15) is 0 Å². The predicted octanol–water partition coefficient (Wildman–Crippen LogP) is 6.09. The molecule has 0 saturated heterocycles. The molecule has 0 fully saturated rings. The van der Waals surface area contributed by atoms with Crippen LogP contribution in [0.5, 0.6) is 0 Å². The highest BCUT2D eigenvalue weighted by molar-refractivity contribution is 5.26. The SMILES string of the molecule is CCc1ccc(C(C)N=NC(C)c2ccc(CC)cc2)cc1. The maximum absolute atomic E-state index is 4.49. The van der Waals surface area contributed by atoms with E-state index in [1.165, 1.54) is 22.3 Å². The molecule has 0 amide bonds. The molecule has 2 rings (SSSR count). The Labute approximate surface area is 134 Å². The first kappa shape index (κ1) is 16.4. The van der Waals surface area contributed by atoms with Crippen molar-refractivity contribution in [1.29, 1.82) is 0 Å². The van der Waals surface area contributed by atoms with E-state index in [1.807, 2.05) is 0 Å². The number of hydrogen-bond acceptors (Lipinski definition) is 2. The van der Waals surface area contributed by atoms with Gasteiger partial charge in [0.15, 0.2) is 0 Å². The molecule has 0 aromatic heterocycles. The summed E-state index contributed by atoms with van der Waals surface area (Å²) >= 11 is 0. The van der Waals surface area contributed by atoms with Crippen LogP contribution in [0, 0.1) is 0 Å². The molecule has 0 bridgehead atoms. The molecule has 0 aliphatic carbocycles. The topological polar surface area (TPSA) is 24.7 Å². The van der Waals surface area contributed by atoms with Crippen LogP contribution in [0.4, 0.5) is 0 Å². The quantitative estimate of drug-likeness (QED) is 0.576. The molecular weight excluding hydrogens is 268 g/mol. The molecule has 2 aromatic rings. The summed E-state index contributed by atoms with van der Waals surface area (Å²) in [7, 11) is 0. The summed E-state index contributed by atoms with van der Waals surface area (Å²) in [6.07, 6.45) is 2.14. The first-order valence-corrected chi connectivity index (χ1v) is 8.21. The normalized spacial score (nSPS) is 14.2. The second-order valence-corrected chi connectivity index (χ2v) is 5.77. The third-order valence-corrected chi connectivity index (χ3v) is 4.15. The van der Waals surface area contributed by atoms with E-state index in [4.69, 9.17) is 0 Å². The largest absolute Gasteiger partial charge is 0.186 e. The highest BCUT2D eigenvalue weighted by Crippen LogP contribution is 2.22. The highest BCUT2D eigenvalue weighted by atomic mass is 15.1. The van der Waals surface area contributed by atoms with Crippen molar-refractivity contribution in [2.24, 2.45) is 10.2 Å². The number of benzene rings is 2. The first-order valence-electron chi connectivity index (χ1n) is 8.21. The Hall–Kier alpha value is -1.96. The third kappa shape index (κ3) is 4.27. The Morgan fingerprint density at radius 3 is 1.23 bits per heavy atom. The van der Waals surface area contributed by atoms with Crippen molar-refractivity contribution >= 4 is 0 Å². The van der Waals surface area contributed by atoms with Crippen molar-refractivity contribution in [3.8, 4) is 0 Å². The van der Waals surface area contributed by atoms with Crippen molar-refractivity contribution < 1.29 is 0 Å². The highest BCUT2D eigenvalue weighted by Gasteiger charge is 2.06. The Balaban J connectivity index is 2.02. The Morgan fingerprint density at radius 2 is 0.955 bits per heavy atom. The fourth-order valence-electron chi connectivity index (χ4n) is 2.40. The van der Waals surface area contributed by atoms with Gasteiger partial charge in [-0.2, -0.15) is 10.2 Å². The van der Waals surface area contributed by atoms with Gasteiger partial charge in [0.05, 0.1) is 12.1 Å². The van der Waals surface area contributed by atoms with Crippen LogP contribution >= 0.6 is 0 Å². The predicted molar refractivity (Wildman–Crippen MR) is 93.3 cm³/mol. The summed E-state index contributed by atoms with van der Waals surface area (Å²) in [5, 5.41) is 8.99. The lowest BCUT2D eigenvalue weighted by Gasteiger charge is -2.10. The van der Waals surface area contributed by atoms with E-state index >= 15 is 0 Å². The summed E-state index contributed by atoms with van der Waals surface area (Å²) in [6, 6.07) is 17.5. The summed E-state index contributed by atoms with van der Waals surface area (Å²) in [5.41, 5.74) is 5.15. The van der Waals surface area contributed by atoms with Gasteiger partial charge in [0.25, 0.3) is 0 Å². The molecule has 0 spiro atoms. The summed E-state index contributed by atoms with van der Waals surface area (Å²) in [4.78, 5) is 0. The molecule has 0 saturated carbocycles. The van der Waals surface area contributed by atoms with E-state index in [2.05, 4.69) is 86.5 Å². The average molecular weight is 294 g/mol. The van der Waals surface area contributed by atoms with Crippen LogP contribution in [0.3, 0.4) is 0 Å². The van der Waals surface area contributed by atoms with Crippen molar-refractivity contribution in [3.63, 3.8) is 0 Å². The van der Waals surface area contributed by atoms with Crippen LogP contribution in [-0.4, -0.2) is 0 Å². The second-order valence-electron chi connectivity index (χ2n) is 5.77. The van der Waals surface area contributed by atoms with Crippen molar-refractivity contribution in [1.82, 2.24) is 0 Å². The molecule has 0 N–H and O–H groups in total. The van der Waals surface area contributed by atoms with Gasteiger partial charge in [0, 0.05) is 0 Å². The average Bonchev–Trinajstić information content (AvgIpc) is 2.59. The summed E-state index contributed by atoms with van der Waals surface area (Å²) < 4.78 is 0. The Kier molecular flexibility index (Phi) is 5.88. The molecule has 2 unspecified atom stereocenters. The van der Waals surface area contributed by atoms with Crippen LogP contribution in [0.1, 0.15) is 62.0 Å². The molecule has 2 aromatic carbocycles. The van der Waals surface area contributed by atoms with Crippen LogP contribution in [0.15, 0.2) is 58.8 Å². The zero-order valence-electron chi connectivity index (χ0n) is 14.1. The Bertz CT molecular complexity index is 541. The van der Waals surface area contributed by atoms with Gasteiger partial charge in [-0.05, 0) is 48.9 Å². The van der Waals surface area contributed by atoms with Gasteiger partial charge < -0.3 is 0 Å². The van der Waals surface area contributed by atoms with E-state index in [0.29, 0.717) is 0 Å². The molecule has 2 heteroatoms. The van der Waals surface area contributed by atoms with Crippen LogP contribution in [0.25, 0.3) is 0 Å². The zero-order valence-corrected chi connectivity index (χ0v) is 14.1. The van der Waals surface area contributed by atoms with Gasteiger partial charge in [0.1, 0.15) is 0 Å². The Morgan fingerprint density at radius 1 is 0.636 bits per heavy atom. The molecular formula is C20H26N2. The lowest BCUT2D eigenvalue weighted by Crippen LogP contribution is -1.93. The number of hydrogen-bond donors (Lipinski definition) is 0. The standard InChI is InChI=1S/C20H26N2/c1-5-17-7-11-19(12-8-17)15(3)21-22-16(4)20-13-9-18(6-2)10-14-20/h7-16H,5-6H2,1-4H3. The fourth-order valence-corrected chi connectivity index (χ4v) is 2.40. The molecule has 2 atom stereocenters. The minimum absolute atomic E-state index is 0.100. The third-order valence-electron chi connectivity index (χ3n) is 4.15. The number of rotatable bonds is 6. The smallest absolute Gasteiger partial charge is 0.0929 e. The van der Waals surface area contributed by atoms with Gasteiger partial charge in [-0.1, -0.05) is 62.4 Å². The van der Waals surface area contributed by atoms with Crippen molar-refractivity contribution in [2.75, 3.05) is 0 Å². The van der Waals surface area contributed by atoms with Gasteiger partial charge >= 0.3 is 0 Å². The molecule has 2 nitrogen and oxygen atoms in total. The van der Waals surface area contributed by atoms with Gasteiger partial charge in [0.2, 0.25) is 0 Å². The lowest BCUT2D eigenvalue weighted by atomic mass is 10.1. The molecule has 22 heavy (non-hydrogen) atoms. The number of aryl methyl sites for hydroxylation is 2. The molecule has 116 valence electrons. The van der Waals surface area contributed by atoms with Crippen LogP contribution < -0.4 is 0 Å². The maximum Gasteiger partial charge on any atom is 0.0929 e. The van der Waals surface area contributed by atoms with Crippen molar-refractivity contribution in [3.05, 3.63) is 70.8 Å². The number of azo groups is 1. The summed E-state index contributed by atoms with van der Waals surface area (Å²) in [6.45, 7) is 8.53. The molecule has 0 radical (unpaired) electrons. The minimum atomic E-state index is 0.100. The summed E-state index contributed by atoms with van der Waals surface area (Å²) in [5.74, 6) is 0. The lowest BCUT2D eigenvalue weighted by molar-refractivity contribution is 0.661. The van der Waals surface area contributed by atoms with Gasteiger partial charge in [-0.3, -0.25) is 0 Å². The zero-order chi connectivity index (χ0) is 15.9. The van der Waals surface area contributed by atoms with Crippen LogP contribution in [-0.2, 0) is 12.8 Å². The van der Waals surface area contributed by atoms with Gasteiger partial charge in [-0.25, -0.2) is 0 Å². The maximum atomic E-state index is 4.49. The van der Waals surface area contributed by atoms with E-state index in [0.717, 1.165) is 12.8 Å².